The lowest BCUT2D eigenvalue weighted by Gasteiger charge is -2.13. The molecule has 0 atom stereocenters. The van der Waals surface area contributed by atoms with Gasteiger partial charge >= 0.3 is 0 Å². The van der Waals surface area contributed by atoms with E-state index in [1.165, 1.54) is 6.92 Å². The maximum absolute atomic E-state index is 11.0. The molecule has 0 aliphatic carbocycles. The number of rotatable bonds is 5. The lowest BCUT2D eigenvalue weighted by atomic mass is 10.2. The molecule has 0 saturated carbocycles. The third kappa shape index (κ3) is 5.13. The van der Waals surface area contributed by atoms with Gasteiger partial charge in [0.05, 0.1) is 14.2 Å². The molecule has 7 heteroatoms. The molecule has 0 aliphatic heterocycles. The van der Waals surface area contributed by atoms with Gasteiger partial charge in [-0.2, -0.15) is 0 Å². The molecule has 0 heterocycles. The first-order chi connectivity index (χ1) is 11.5. The minimum Gasteiger partial charge on any atom is -0.497 e. The normalized spacial score (nSPS) is 9.79. The summed E-state index contributed by atoms with van der Waals surface area (Å²) in [6, 6.07) is 12.6. The Balaban J connectivity index is 2.01. The van der Waals surface area contributed by atoms with E-state index in [2.05, 4.69) is 16.0 Å². The molecule has 2 aromatic rings. The molecule has 0 saturated heterocycles. The van der Waals surface area contributed by atoms with E-state index in [-0.39, 0.29) is 5.91 Å². The molecule has 0 fully saturated rings. The van der Waals surface area contributed by atoms with Crippen molar-refractivity contribution in [2.75, 3.05) is 30.2 Å². The van der Waals surface area contributed by atoms with E-state index in [1.807, 2.05) is 24.3 Å². The molecule has 0 unspecified atom stereocenters. The highest BCUT2D eigenvalue weighted by Gasteiger charge is 2.04. The summed E-state index contributed by atoms with van der Waals surface area (Å²) in [6.45, 7) is 1.47. The summed E-state index contributed by atoms with van der Waals surface area (Å²) in [4.78, 5) is 11.0. The van der Waals surface area contributed by atoms with Gasteiger partial charge in [-0.1, -0.05) is 0 Å². The van der Waals surface area contributed by atoms with E-state index in [4.69, 9.17) is 21.7 Å². The Morgan fingerprint density at radius 3 is 1.75 bits per heavy atom. The predicted molar refractivity (Wildman–Crippen MR) is 100 cm³/mol. The topological polar surface area (TPSA) is 71.6 Å². The fourth-order valence-electron chi connectivity index (χ4n) is 2.01. The van der Waals surface area contributed by atoms with Crippen LogP contribution in [0.2, 0.25) is 0 Å². The zero-order valence-electron chi connectivity index (χ0n) is 13.7. The molecule has 1 amide bonds. The van der Waals surface area contributed by atoms with Crippen LogP contribution in [-0.2, 0) is 4.79 Å². The molecule has 0 spiro atoms. The van der Waals surface area contributed by atoms with Crippen molar-refractivity contribution in [2.24, 2.45) is 0 Å². The van der Waals surface area contributed by atoms with Gasteiger partial charge in [-0.25, -0.2) is 0 Å². The Hall–Kier alpha value is -2.80. The molecule has 24 heavy (non-hydrogen) atoms. The average molecular weight is 345 g/mol. The Labute approximate surface area is 146 Å². The summed E-state index contributed by atoms with van der Waals surface area (Å²) >= 11 is 5.31. The van der Waals surface area contributed by atoms with Crippen molar-refractivity contribution in [3.05, 3.63) is 42.5 Å². The van der Waals surface area contributed by atoms with Crippen molar-refractivity contribution in [3.63, 3.8) is 0 Å². The number of carbonyl (C=O) groups is 1. The van der Waals surface area contributed by atoms with Gasteiger partial charge in [-0.15, -0.1) is 0 Å². The van der Waals surface area contributed by atoms with Gasteiger partial charge in [-0.05, 0) is 36.5 Å². The maximum atomic E-state index is 11.0. The van der Waals surface area contributed by atoms with Gasteiger partial charge in [0.15, 0.2) is 5.11 Å². The predicted octanol–water partition coefficient (Wildman–Crippen LogP) is 3.47. The van der Waals surface area contributed by atoms with E-state index in [0.29, 0.717) is 16.6 Å². The Kier molecular flexibility index (Phi) is 5.97. The van der Waals surface area contributed by atoms with Gasteiger partial charge in [0, 0.05) is 42.2 Å². The van der Waals surface area contributed by atoms with Crippen molar-refractivity contribution < 1.29 is 14.3 Å². The van der Waals surface area contributed by atoms with Crippen LogP contribution in [0, 0.1) is 0 Å². The molecule has 0 aliphatic rings. The standard InChI is InChI=1S/C17H19N3O3S/c1-11(21)18-12-4-6-13(7-5-12)19-17(24)20-14-8-15(22-2)10-16(9-14)23-3/h4-10H,1-3H3,(H,18,21)(H2,19,20,24). The minimum absolute atomic E-state index is 0.111. The van der Waals surface area contributed by atoms with Gasteiger partial charge in [0.2, 0.25) is 5.91 Å². The molecule has 3 N–H and O–H groups in total. The van der Waals surface area contributed by atoms with Crippen LogP contribution in [-0.4, -0.2) is 25.2 Å². The van der Waals surface area contributed by atoms with Gasteiger partial charge in [0.25, 0.3) is 0 Å². The second-order valence-corrected chi connectivity index (χ2v) is 5.35. The van der Waals surface area contributed by atoms with E-state index < -0.39 is 0 Å². The Morgan fingerprint density at radius 2 is 1.29 bits per heavy atom. The molecular formula is C17H19N3O3S. The Bertz CT molecular complexity index is 710. The number of hydrogen-bond donors (Lipinski definition) is 3. The van der Waals surface area contributed by atoms with Gasteiger partial charge < -0.3 is 25.4 Å². The van der Waals surface area contributed by atoms with Crippen molar-refractivity contribution in [3.8, 4) is 11.5 Å². The van der Waals surface area contributed by atoms with Crippen LogP contribution in [0.25, 0.3) is 0 Å². The highest BCUT2D eigenvalue weighted by molar-refractivity contribution is 7.80. The van der Waals surface area contributed by atoms with Gasteiger partial charge in [0.1, 0.15) is 11.5 Å². The summed E-state index contributed by atoms with van der Waals surface area (Å²) in [7, 11) is 3.18. The number of benzene rings is 2. The summed E-state index contributed by atoms with van der Waals surface area (Å²) < 4.78 is 10.4. The molecule has 0 aromatic heterocycles. The molecule has 6 nitrogen and oxygen atoms in total. The highest BCUT2D eigenvalue weighted by Crippen LogP contribution is 2.26. The zero-order valence-corrected chi connectivity index (χ0v) is 14.5. The third-order valence-corrected chi connectivity index (χ3v) is 3.28. The second-order valence-electron chi connectivity index (χ2n) is 4.94. The molecule has 0 radical (unpaired) electrons. The van der Waals surface area contributed by atoms with E-state index in [0.717, 1.165) is 17.1 Å². The van der Waals surface area contributed by atoms with Crippen LogP contribution in [0.3, 0.4) is 0 Å². The van der Waals surface area contributed by atoms with Crippen molar-refractivity contribution in [2.45, 2.75) is 6.92 Å². The first-order valence-electron chi connectivity index (χ1n) is 7.19. The fourth-order valence-corrected chi connectivity index (χ4v) is 2.25. The van der Waals surface area contributed by atoms with E-state index >= 15 is 0 Å². The molecule has 2 rings (SSSR count). The molecular weight excluding hydrogens is 326 g/mol. The van der Waals surface area contributed by atoms with E-state index in [9.17, 15) is 4.79 Å². The first-order valence-corrected chi connectivity index (χ1v) is 7.59. The number of nitrogens with one attached hydrogen (secondary N) is 3. The summed E-state index contributed by atoms with van der Waals surface area (Å²) in [5, 5.41) is 9.28. The smallest absolute Gasteiger partial charge is 0.221 e. The minimum atomic E-state index is -0.111. The number of carbonyl (C=O) groups excluding carboxylic acids is 1. The lowest BCUT2D eigenvalue weighted by Crippen LogP contribution is -2.19. The zero-order chi connectivity index (χ0) is 17.5. The van der Waals surface area contributed by atoms with Crippen molar-refractivity contribution in [1.29, 1.82) is 0 Å². The van der Waals surface area contributed by atoms with Crippen LogP contribution in [0.5, 0.6) is 11.5 Å². The van der Waals surface area contributed by atoms with Crippen molar-refractivity contribution in [1.82, 2.24) is 0 Å². The van der Waals surface area contributed by atoms with Gasteiger partial charge in [-0.3, -0.25) is 4.79 Å². The number of methoxy groups -OCH3 is 2. The van der Waals surface area contributed by atoms with E-state index in [1.54, 1.807) is 32.4 Å². The Morgan fingerprint density at radius 1 is 0.833 bits per heavy atom. The van der Waals surface area contributed by atoms with Crippen LogP contribution in [0.15, 0.2) is 42.5 Å². The quantitative estimate of drug-likeness (QED) is 0.721. The summed E-state index contributed by atoms with van der Waals surface area (Å²) in [5.74, 6) is 1.22. The molecule has 0 bridgehead atoms. The van der Waals surface area contributed by atoms with Crippen molar-refractivity contribution >= 4 is 40.3 Å². The number of thiocarbonyl (C=S) groups is 1. The average Bonchev–Trinajstić information content (AvgIpc) is 2.55. The van der Waals surface area contributed by atoms with Crippen LogP contribution < -0.4 is 25.4 Å². The number of anilines is 3. The SMILES string of the molecule is COc1cc(NC(=S)Nc2ccc(NC(C)=O)cc2)cc(OC)c1. The van der Waals surface area contributed by atoms with Crippen LogP contribution in [0.1, 0.15) is 6.92 Å². The van der Waals surface area contributed by atoms with Crippen LogP contribution >= 0.6 is 12.2 Å². The second kappa shape index (κ2) is 8.16. The lowest BCUT2D eigenvalue weighted by molar-refractivity contribution is -0.114. The van der Waals surface area contributed by atoms with Crippen LogP contribution in [0.4, 0.5) is 17.1 Å². The summed E-state index contributed by atoms with van der Waals surface area (Å²) in [6.07, 6.45) is 0. The third-order valence-electron chi connectivity index (χ3n) is 3.07. The maximum Gasteiger partial charge on any atom is 0.221 e. The largest absolute Gasteiger partial charge is 0.497 e. The highest BCUT2D eigenvalue weighted by atomic mass is 32.1. The number of hydrogen-bond acceptors (Lipinski definition) is 4. The number of ether oxygens (including phenoxy) is 2. The monoisotopic (exact) mass is 345 g/mol. The fraction of sp³-hybridized carbons (Fsp3) is 0.176. The molecule has 2 aromatic carbocycles. The summed E-state index contributed by atoms with van der Waals surface area (Å²) in [5.41, 5.74) is 2.28. The number of amides is 1. The first kappa shape index (κ1) is 17.6. The molecule has 126 valence electrons.